The minimum Gasteiger partial charge on any atom is -0.459 e. The van der Waals surface area contributed by atoms with Crippen LogP contribution in [0.2, 0.25) is 0 Å². The van der Waals surface area contributed by atoms with Gasteiger partial charge >= 0.3 is 18.2 Å². The van der Waals surface area contributed by atoms with Gasteiger partial charge in [0.15, 0.2) is 0 Å². The highest BCUT2D eigenvalue weighted by atomic mass is 16.6. The van der Waals surface area contributed by atoms with Gasteiger partial charge in [-0.15, -0.1) is 0 Å². The predicted molar refractivity (Wildman–Crippen MR) is 116 cm³/mol. The summed E-state index contributed by atoms with van der Waals surface area (Å²) in [4.78, 5) is 34.7. The number of ether oxygens (including phenoxy) is 3. The lowest BCUT2D eigenvalue weighted by molar-refractivity contribution is -0.138. The van der Waals surface area contributed by atoms with Crippen LogP contribution in [0, 0.1) is 6.92 Å². The van der Waals surface area contributed by atoms with Crippen molar-refractivity contribution in [1.82, 2.24) is 0 Å². The summed E-state index contributed by atoms with van der Waals surface area (Å²) in [5.41, 5.74) is 1.79. The normalized spacial score (nSPS) is 10.1. The van der Waals surface area contributed by atoms with Crippen molar-refractivity contribution in [2.24, 2.45) is 0 Å². The third-order valence-electron chi connectivity index (χ3n) is 4.18. The first-order valence-electron chi connectivity index (χ1n) is 10.2. The molecule has 1 aromatic carbocycles. The molecule has 0 radical (unpaired) electrons. The molecule has 0 atom stereocenters. The maximum Gasteiger partial charge on any atom is 0.411 e. The van der Waals surface area contributed by atoms with E-state index in [1.165, 1.54) is 19.3 Å². The number of amides is 2. The van der Waals surface area contributed by atoms with Crippen LogP contribution in [-0.4, -0.2) is 38.0 Å². The van der Waals surface area contributed by atoms with Crippen LogP contribution >= 0.6 is 0 Å². The number of unbranched alkanes of at least 4 members (excludes halogenated alkanes) is 5. The fourth-order valence-corrected chi connectivity index (χ4v) is 2.52. The van der Waals surface area contributed by atoms with E-state index in [0.717, 1.165) is 30.9 Å². The minimum atomic E-state index is -0.704. The summed E-state index contributed by atoms with van der Waals surface area (Å²) < 4.78 is 14.8. The van der Waals surface area contributed by atoms with Crippen molar-refractivity contribution in [2.75, 3.05) is 30.5 Å². The molecule has 8 heteroatoms. The predicted octanol–water partition coefficient (Wildman–Crippen LogP) is 5.18. The van der Waals surface area contributed by atoms with Crippen molar-refractivity contribution in [1.29, 1.82) is 0 Å². The van der Waals surface area contributed by atoms with Crippen molar-refractivity contribution in [3.8, 4) is 0 Å². The molecule has 0 aliphatic rings. The number of rotatable bonds is 13. The Morgan fingerprint density at radius 2 is 1.53 bits per heavy atom. The third kappa shape index (κ3) is 11.1. The molecule has 30 heavy (non-hydrogen) atoms. The van der Waals surface area contributed by atoms with E-state index in [1.807, 2.05) is 6.92 Å². The lowest BCUT2D eigenvalue weighted by Gasteiger charge is -2.12. The van der Waals surface area contributed by atoms with Gasteiger partial charge in [-0.2, -0.15) is 0 Å². The number of benzene rings is 1. The second kappa shape index (κ2) is 14.9. The van der Waals surface area contributed by atoms with E-state index in [2.05, 4.69) is 24.1 Å². The highest BCUT2D eigenvalue weighted by molar-refractivity contribution is 5.89. The quantitative estimate of drug-likeness (QED) is 0.197. The SMILES string of the molecule is C=CC(=O)OCCOC(=O)Nc1ccc(C)c(NC(=O)OCCCCCCCC)c1. The Kier molecular flexibility index (Phi) is 12.4. The van der Waals surface area contributed by atoms with E-state index in [1.54, 1.807) is 18.2 Å². The van der Waals surface area contributed by atoms with Gasteiger partial charge in [0.05, 0.1) is 6.61 Å². The molecule has 0 saturated carbocycles. The first-order chi connectivity index (χ1) is 14.5. The Bertz CT molecular complexity index is 705. The van der Waals surface area contributed by atoms with E-state index in [-0.39, 0.29) is 13.2 Å². The largest absolute Gasteiger partial charge is 0.459 e. The highest BCUT2D eigenvalue weighted by Gasteiger charge is 2.09. The Labute approximate surface area is 178 Å². The van der Waals surface area contributed by atoms with Crippen LogP contribution in [0.1, 0.15) is 51.0 Å². The first kappa shape index (κ1) is 25.0. The van der Waals surface area contributed by atoms with Crippen LogP contribution in [0.25, 0.3) is 0 Å². The summed E-state index contributed by atoms with van der Waals surface area (Å²) in [5.74, 6) is -0.586. The second-order valence-corrected chi connectivity index (χ2v) is 6.69. The highest BCUT2D eigenvalue weighted by Crippen LogP contribution is 2.20. The average molecular weight is 421 g/mol. The topological polar surface area (TPSA) is 103 Å². The fourth-order valence-electron chi connectivity index (χ4n) is 2.52. The van der Waals surface area contributed by atoms with Gasteiger partial charge in [0.25, 0.3) is 0 Å². The van der Waals surface area contributed by atoms with Crippen LogP contribution in [0.3, 0.4) is 0 Å². The molecule has 8 nitrogen and oxygen atoms in total. The van der Waals surface area contributed by atoms with E-state index in [0.29, 0.717) is 18.0 Å². The number of hydrogen-bond acceptors (Lipinski definition) is 6. The summed E-state index contributed by atoms with van der Waals surface area (Å²) in [7, 11) is 0. The molecule has 0 aromatic heterocycles. The van der Waals surface area contributed by atoms with Crippen molar-refractivity contribution in [3.05, 3.63) is 36.4 Å². The van der Waals surface area contributed by atoms with Crippen LogP contribution in [0.5, 0.6) is 0 Å². The van der Waals surface area contributed by atoms with Crippen LogP contribution in [0.15, 0.2) is 30.9 Å². The zero-order chi connectivity index (χ0) is 22.2. The zero-order valence-corrected chi connectivity index (χ0v) is 17.8. The van der Waals surface area contributed by atoms with Gasteiger partial charge in [-0.25, -0.2) is 14.4 Å². The van der Waals surface area contributed by atoms with Crippen LogP contribution < -0.4 is 10.6 Å². The number of esters is 1. The van der Waals surface area contributed by atoms with E-state index >= 15 is 0 Å². The Morgan fingerprint density at radius 3 is 2.27 bits per heavy atom. The van der Waals surface area contributed by atoms with E-state index in [4.69, 9.17) is 14.2 Å². The zero-order valence-electron chi connectivity index (χ0n) is 17.8. The number of carbonyl (C=O) groups excluding carboxylic acids is 3. The van der Waals surface area contributed by atoms with Gasteiger partial charge in [0, 0.05) is 17.5 Å². The van der Waals surface area contributed by atoms with Gasteiger partial charge in [-0.1, -0.05) is 51.7 Å². The third-order valence-corrected chi connectivity index (χ3v) is 4.18. The van der Waals surface area contributed by atoms with Gasteiger partial charge in [0.1, 0.15) is 13.2 Å². The summed E-state index contributed by atoms with van der Waals surface area (Å²) in [6.07, 6.45) is 6.48. The lowest BCUT2D eigenvalue weighted by Crippen LogP contribution is -2.18. The van der Waals surface area contributed by atoms with Crippen molar-refractivity contribution in [3.63, 3.8) is 0 Å². The second-order valence-electron chi connectivity index (χ2n) is 6.69. The lowest BCUT2D eigenvalue weighted by atomic mass is 10.1. The Morgan fingerprint density at radius 1 is 0.900 bits per heavy atom. The van der Waals surface area contributed by atoms with Gasteiger partial charge < -0.3 is 14.2 Å². The van der Waals surface area contributed by atoms with Gasteiger partial charge in [0.2, 0.25) is 0 Å². The van der Waals surface area contributed by atoms with Gasteiger partial charge in [-0.05, 0) is 31.0 Å². The summed E-state index contributed by atoms with van der Waals surface area (Å²) in [5, 5.41) is 5.23. The van der Waals surface area contributed by atoms with E-state index < -0.39 is 18.2 Å². The van der Waals surface area contributed by atoms with Crippen molar-refractivity contribution in [2.45, 2.75) is 52.4 Å². The molecule has 0 saturated heterocycles. The smallest absolute Gasteiger partial charge is 0.411 e. The molecule has 0 bridgehead atoms. The first-order valence-corrected chi connectivity index (χ1v) is 10.2. The molecule has 0 unspecified atom stereocenters. The van der Waals surface area contributed by atoms with Crippen LogP contribution in [0.4, 0.5) is 21.0 Å². The number of nitrogens with one attached hydrogen (secondary N) is 2. The maximum atomic E-state index is 12.0. The standard InChI is InChI=1S/C22H32N2O6/c1-4-6-7-8-9-10-13-29-22(27)24-19-16-18(12-11-17(19)3)23-21(26)30-15-14-28-20(25)5-2/h5,11-12,16H,2,4,6-10,13-15H2,1,3H3,(H,23,26)(H,24,27). The summed E-state index contributed by atoms with van der Waals surface area (Å²) in [6.45, 7) is 7.49. The van der Waals surface area contributed by atoms with Gasteiger partial charge in [-0.3, -0.25) is 10.6 Å². The fraction of sp³-hybridized carbons (Fsp3) is 0.500. The number of anilines is 2. The molecule has 0 aliphatic carbocycles. The molecule has 166 valence electrons. The van der Waals surface area contributed by atoms with E-state index in [9.17, 15) is 14.4 Å². The number of hydrogen-bond donors (Lipinski definition) is 2. The molecular weight excluding hydrogens is 388 g/mol. The number of carbonyl (C=O) groups is 3. The Hall–Kier alpha value is -3.03. The molecule has 1 aromatic rings. The van der Waals surface area contributed by atoms with Crippen LogP contribution in [-0.2, 0) is 19.0 Å². The monoisotopic (exact) mass is 420 g/mol. The molecular formula is C22H32N2O6. The molecule has 0 aliphatic heterocycles. The molecule has 2 amide bonds. The molecule has 0 fully saturated rings. The summed E-state index contributed by atoms with van der Waals surface area (Å²) >= 11 is 0. The average Bonchev–Trinajstić information content (AvgIpc) is 2.72. The molecule has 1 rings (SSSR count). The minimum absolute atomic E-state index is 0.0661. The number of aryl methyl sites for hydroxylation is 1. The maximum absolute atomic E-state index is 12.0. The molecule has 0 spiro atoms. The Balaban J connectivity index is 2.37. The molecule has 2 N–H and O–H groups in total. The van der Waals surface area contributed by atoms with Crippen molar-refractivity contribution < 1.29 is 28.6 Å². The molecule has 0 heterocycles. The summed E-state index contributed by atoms with van der Waals surface area (Å²) in [6, 6.07) is 5.05. The van der Waals surface area contributed by atoms with Crippen molar-refractivity contribution >= 4 is 29.5 Å².